The van der Waals surface area contributed by atoms with Gasteiger partial charge in [0.2, 0.25) is 0 Å². The van der Waals surface area contributed by atoms with Crippen molar-refractivity contribution in [1.29, 1.82) is 0 Å². The van der Waals surface area contributed by atoms with E-state index in [1.807, 2.05) is 13.8 Å². The number of carbonyl (C=O) groups excluding carboxylic acids is 1. The maximum atomic E-state index is 12.0. The van der Waals surface area contributed by atoms with E-state index in [2.05, 4.69) is 16.4 Å². The smallest absolute Gasteiger partial charge is 0.251 e. The Hall–Kier alpha value is -2.23. The van der Waals surface area contributed by atoms with Gasteiger partial charge in [-0.2, -0.15) is 0 Å². The Bertz CT molecular complexity index is 585. The highest BCUT2D eigenvalue weighted by atomic mass is 16.5. The first kappa shape index (κ1) is 14.2. The van der Waals surface area contributed by atoms with Gasteiger partial charge in [0.1, 0.15) is 5.75 Å². The summed E-state index contributed by atoms with van der Waals surface area (Å²) in [6.07, 6.45) is 0.831. The zero-order chi connectivity index (χ0) is 14.5. The zero-order valence-electron chi connectivity index (χ0n) is 12.1. The van der Waals surface area contributed by atoms with Gasteiger partial charge < -0.3 is 15.0 Å². The quantitative estimate of drug-likeness (QED) is 0.879. The summed E-state index contributed by atoms with van der Waals surface area (Å²) in [5, 5.41) is 2.93. The number of aromatic amines is 1. The number of hydrogen-bond acceptors (Lipinski definition) is 2. The Balaban J connectivity index is 1.87. The van der Waals surface area contributed by atoms with Crippen molar-refractivity contribution in [3.8, 4) is 5.75 Å². The van der Waals surface area contributed by atoms with Crippen molar-refractivity contribution in [2.45, 2.75) is 20.3 Å². The number of rotatable bonds is 5. The Morgan fingerprint density at radius 3 is 2.50 bits per heavy atom. The Kier molecular flexibility index (Phi) is 4.45. The van der Waals surface area contributed by atoms with Gasteiger partial charge >= 0.3 is 0 Å². The van der Waals surface area contributed by atoms with E-state index in [1.165, 1.54) is 11.3 Å². The Morgan fingerprint density at radius 1 is 1.25 bits per heavy atom. The van der Waals surface area contributed by atoms with Crippen LogP contribution in [-0.4, -0.2) is 24.5 Å². The van der Waals surface area contributed by atoms with Crippen LogP contribution in [0.15, 0.2) is 30.3 Å². The first-order chi connectivity index (χ1) is 9.60. The lowest BCUT2D eigenvalue weighted by atomic mass is 10.1. The van der Waals surface area contributed by atoms with E-state index in [-0.39, 0.29) is 5.91 Å². The SMILES string of the molecule is COc1ccc(C(=O)NCCc2cc(C)[nH]c2C)cc1. The molecule has 1 aromatic carbocycles. The third-order valence-electron chi connectivity index (χ3n) is 3.29. The Labute approximate surface area is 119 Å². The molecule has 0 saturated carbocycles. The van der Waals surface area contributed by atoms with Crippen LogP contribution in [0.25, 0.3) is 0 Å². The van der Waals surface area contributed by atoms with E-state index in [9.17, 15) is 4.79 Å². The normalized spacial score (nSPS) is 10.3. The van der Waals surface area contributed by atoms with Gasteiger partial charge in [0.25, 0.3) is 5.91 Å². The lowest BCUT2D eigenvalue weighted by molar-refractivity contribution is 0.0954. The van der Waals surface area contributed by atoms with E-state index in [0.717, 1.165) is 17.9 Å². The third-order valence-corrected chi connectivity index (χ3v) is 3.29. The molecule has 4 nitrogen and oxygen atoms in total. The van der Waals surface area contributed by atoms with Gasteiger partial charge in [-0.15, -0.1) is 0 Å². The minimum Gasteiger partial charge on any atom is -0.497 e. The van der Waals surface area contributed by atoms with Crippen molar-refractivity contribution in [2.75, 3.05) is 13.7 Å². The van der Waals surface area contributed by atoms with Crippen molar-refractivity contribution in [2.24, 2.45) is 0 Å². The number of benzene rings is 1. The van der Waals surface area contributed by atoms with Gasteiger partial charge in [-0.3, -0.25) is 4.79 Å². The molecule has 0 unspecified atom stereocenters. The summed E-state index contributed by atoms with van der Waals surface area (Å²) in [6.45, 7) is 4.71. The largest absolute Gasteiger partial charge is 0.497 e. The van der Waals surface area contributed by atoms with E-state index in [1.54, 1.807) is 31.4 Å². The molecule has 0 radical (unpaired) electrons. The van der Waals surface area contributed by atoms with Crippen LogP contribution in [-0.2, 0) is 6.42 Å². The summed E-state index contributed by atoms with van der Waals surface area (Å²) >= 11 is 0. The predicted octanol–water partition coefficient (Wildman–Crippen LogP) is 2.61. The molecule has 4 heteroatoms. The fraction of sp³-hybridized carbons (Fsp3) is 0.312. The maximum absolute atomic E-state index is 12.0. The second kappa shape index (κ2) is 6.28. The maximum Gasteiger partial charge on any atom is 0.251 e. The highest BCUT2D eigenvalue weighted by molar-refractivity contribution is 5.94. The summed E-state index contributed by atoms with van der Waals surface area (Å²) in [4.78, 5) is 15.2. The molecule has 0 atom stereocenters. The average molecular weight is 272 g/mol. The van der Waals surface area contributed by atoms with Crippen molar-refractivity contribution < 1.29 is 9.53 Å². The molecule has 0 aliphatic heterocycles. The number of ether oxygens (including phenoxy) is 1. The fourth-order valence-electron chi connectivity index (χ4n) is 2.20. The molecule has 0 saturated heterocycles. The van der Waals surface area contributed by atoms with Crippen LogP contribution in [0.3, 0.4) is 0 Å². The van der Waals surface area contributed by atoms with E-state index < -0.39 is 0 Å². The topological polar surface area (TPSA) is 54.1 Å². The molecule has 0 aliphatic rings. The second-order valence-corrected chi connectivity index (χ2v) is 4.84. The number of aromatic nitrogens is 1. The highest BCUT2D eigenvalue weighted by Gasteiger charge is 2.06. The van der Waals surface area contributed by atoms with Crippen molar-refractivity contribution in [3.05, 3.63) is 52.8 Å². The minimum absolute atomic E-state index is 0.0578. The first-order valence-electron chi connectivity index (χ1n) is 6.67. The summed E-state index contributed by atoms with van der Waals surface area (Å²) < 4.78 is 5.07. The van der Waals surface area contributed by atoms with E-state index in [4.69, 9.17) is 4.74 Å². The molecule has 1 aromatic heterocycles. The predicted molar refractivity (Wildman–Crippen MR) is 79.3 cm³/mol. The highest BCUT2D eigenvalue weighted by Crippen LogP contribution is 2.12. The van der Waals surface area contributed by atoms with Gasteiger partial charge in [-0.05, 0) is 56.2 Å². The number of amides is 1. The average Bonchev–Trinajstić information content (AvgIpc) is 2.77. The molecule has 1 heterocycles. The van der Waals surface area contributed by atoms with Crippen LogP contribution in [0.1, 0.15) is 27.3 Å². The van der Waals surface area contributed by atoms with Gasteiger partial charge in [0.05, 0.1) is 7.11 Å². The van der Waals surface area contributed by atoms with Crippen molar-refractivity contribution >= 4 is 5.91 Å². The zero-order valence-corrected chi connectivity index (χ0v) is 12.1. The molecule has 0 aliphatic carbocycles. The van der Waals surface area contributed by atoms with Crippen molar-refractivity contribution in [1.82, 2.24) is 10.3 Å². The summed E-state index contributed by atoms with van der Waals surface area (Å²) in [5.74, 6) is 0.692. The van der Waals surface area contributed by atoms with Gasteiger partial charge in [0.15, 0.2) is 0 Å². The van der Waals surface area contributed by atoms with Gasteiger partial charge in [-0.1, -0.05) is 0 Å². The van der Waals surface area contributed by atoms with Crippen LogP contribution in [0, 0.1) is 13.8 Å². The number of H-pyrrole nitrogens is 1. The summed E-state index contributed by atoms with van der Waals surface area (Å²) in [5.41, 5.74) is 4.21. The molecular weight excluding hydrogens is 252 g/mol. The van der Waals surface area contributed by atoms with Crippen LogP contribution in [0.2, 0.25) is 0 Å². The molecule has 106 valence electrons. The second-order valence-electron chi connectivity index (χ2n) is 4.84. The fourth-order valence-corrected chi connectivity index (χ4v) is 2.20. The standard InChI is InChI=1S/C16H20N2O2/c1-11-10-14(12(2)18-11)8-9-17-16(19)13-4-6-15(20-3)7-5-13/h4-7,10,18H,8-9H2,1-3H3,(H,17,19). The summed E-state index contributed by atoms with van der Waals surface area (Å²) in [7, 11) is 1.61. The first-order valence-corrected chi connectivity index (χ1v) is 6.67. The van der Waals surface area contributed by atoms with Crippen LogP contribution >= 0.6 is 0 Å². The number of hydrogen-bond donors (Lipinski definition) is 2. The monoisotopic (exact) mass is 272 g/mol. The van der Waals surface area contributed by atoms with Crippen LogP contribution in [0.4, 0.5) is 0 Å². The van der Waals surface area contributed by atoms with Gasteiger partial charge in [0, 0.05) is 23.5 Å². The molecule has 2 aromatic rings. The minimum atomic E-state index is -0.0578. The third kappa shape index (κ3) is 3.41. The molecule has 2 rings (SSSR count). The van der Waals surface area contributed by atoms with E-state index in [0.29, 0.717) is 12.1 Å². The number of nitrogens with one attached hydrogen (secondary N) is 2. The van der Waals surface area contributed by atoms with Gasteiger partial charge in [-0.25, -0.2) is 0 Å². The number of aryl methyl sites for hydroxylation is 2. The molecule has 1 amide bonds. The van der Waals surface area contributed by atoms with Crippen LogP contribution in [0.5, 0.6) is 5.75 Å². The molecule has 0 fully saturated rings. The molecule has 0 spiro atoms. The van der Waals surface area contributed by atoms with Crippen LogP contribution < -0.4 is 10.1 Å². The van der Waals surface area contributed by atoms with E-state index >= 15 is 0 Å². The molecule has 20 heavy (non-hydrogen) atoms. The summed E-state index contributed by atoms with van der Waals surface area (Å²) in [6, 6.07) is 9.22. The molecule has 0 bridgehead atoms. The molecular formula is C16H20N2O2. The Morgan fingerprint density at radius 2 is 1.95 bits per heavy atom. The lowest BCUT2D eigenvalue weighted by Crippen LogP contribution is -2.25. The number of carbonyl (C=O) groups is 1. The van der Waals surface area contributed by atoms with Crippen molar-refractivity contribution in [3.63, 3.8) is 0 Å². The molecule has 2 N–H and O–H groups in total. The number of methoxy groups -OCH3 is 1. The lowest BCUT2D eigenvalue weighted by Gasteiger charge is -2.06.